The molecule has 0 saturated heterocycles. The normalized spacial score (nSPS) is 11.5. The molecule has 1 aromatic heterocycles. The van der Waals surface area contributed by atoms with E-state index in [4.69, 9.17) is 9.84 Å². The predicted molar refractivity (Wildman–Crippen MR) is 71.1 cm³/mol. The maximum Gasteiger partial charge on any atom is 0.357 e. The lowest BCUT2D eigenvalue weighted by Gasteiger charge is -2.07. The number of carboxylic acids is 1. The zero-order chi connectivity index (χ0) is 15.3. The molecule has 20 heavy (non-hydrogen) atoms. The maximum absolute atomic E-state index is 12.0. The molecule has 0 radical (unpaired) electrons. The number of rotatable bonds is 8. The summed E-state index contributed by atoms with van der Waals surface area (Å²) in [7, 11) is -3.95. The van der Waals surface area contributed by atoms with Crippen LogP contribution < -0.4 is 4.72 Å². The highest BCUT2D eigenvalue weighted by Gasteiger charge is 2.27. The first-order chi connectivity index (χ1) is 9.25. The maximum atomic E-state index is 12.0. The number of aryl methyl sites for hydroxylation is 1. The monoisotopic (exact) mass is 303 g/mol. The van der Waals surface area contributed by atoms with E-state index in [0.29, 0.717) is 6.61 Å². The number of H-pyrrole nitrogens is 1. The molecule has 112 valence electrons. The third-order valence-corrected chi connectivity index (χ3v) is 3.87. The topological polar surface area (TPSA) is 121 Å². The first-order valence-corrected chi connectivity index (χ1v) is 7.24. The van der Waals surface area contributed by atoms with E-state index < -0.39 is 21.7 Å². The fourth-order valence-corrected chi connectivity index (χ4v) is 2.79. The third-order valence-electron chi connectivity index (χ3n) is 2.25. The molecule has 1 heterocycles. The molecule has 8 nitrogen and oxygen atoms in total. The summed E-state index contributed by atoms with van der Waals surface area (Å²) in [6.07, 6.45) is 0. The van der Waals surface area contributed by atoms with Gasteiger partial charge in [-0.15, -0.1) is 0 Å². The molecule has 3 N–H and O–H groups in total. The van der Waals surface area contributed by atoms with Gasteiger partial charge < -0.3 is 9.84 Å². The van der Waals surface area contributed by atoms with Gasteiger partial charge in [-0.25, -0.2) is 17.9 Å². The molecule has 0 saturated carbocycles. The highest BCUT2D eigenvalue weighted by molar-refractivity contribution is 7.89. The van der Waals surface area contributed by atoms with Crippen LogP contribution in [0.4, 0.5) is 0 Å². The number of ether oxygens (including phenoxy) is 1. The van der Waals surface area contributed by atoms with Crippen LogP contribution in [-0.2, 0) is 14.8 Å². The number of carbonyl (C=O) groups is 1. The van der Waals surface area contributed by atoms with Crippen molar-refractivity contribution < 1.29 is 23.1 Å². The summed E-state index contributed by atoms with van der Waals surface area (Å²) in [5, 5.41) is 14.7. The summed E-state index contributed by atoms with van der Waals surface area (Å²) in [5.41, 5.74) is 0.460. The Bertz CT molecular complexity index is 606. The first kappa shape index (κ1) is 16.3. The van der Waals surface area contributed by atoms with Crippen LogP contribution in [0.25, 0.3) is 0 Å². The number of sulfonamides is 1. The minimum atomic E-state index is -3.95. The second-order valence-corrected chi connectivity index (χ2v) is 5.94. The van der Waals surface area contributed by atoms with Crippen molar-refractivity contribution in [3.63, 3.8) is 0 Å². The van der Waals surface area contributed by atoms with Crippen LogP contribution in [0, 0.1) is 6.92 Å². The molecule has 1 aromatic rings. The molecule has 0 aliphatic carbocycles. The Kier molecular flexibility index (Phi) is 5.43. The quantitative estimate of drug-likeness (QED) is 0.468. The first-order valence-electron chi connectivity index (χ1n) is 5.75. The average molecular weight is 303 g/mol. The number of aromatic carboxylic acids is 1. The summed E-state index contributed by atoms with van der Waals surface area (Å²) in [6.45, 7) is 7.39. The Balaban J connectivity index is 2.72. The van der Waals surface area contributed by atoms with Gasteiger partial charge in [-0.05, 0) is 13.8 Å². The van der Waals surface area contributed by atoms with Crippen molar-refractivity contribution in [1.29, 1.82) is 0 Å². The molecule has 9 heteroatoms. The van der Waals surface area contributed by atoms with Gasteiger partial charge in [-0.2, -0.15) is 5.10 Å². The van der Waals surface area contributed by atoms with Crippen LogP contribution in [0.15, 0.2) is 17.0 Å². The smallest absolute Gasteiger partial charge is 0.357 e. The van der Waals surface area contributed by atoms with Crippen molar-refractivity contribution in [2.75, 3.05) is 19.8 Å². The average Bonchev–Trinajstić information content (AvgIpc) is 2.71. The molecule has 0 spiro atoms. The SMILES string of the molecule is C=C(C)COCCNS(=O)(=O)c1c(C(=O)O)n[nH]c1C. The van der Waals surface area contributed by atoms with E-state index in [0.717, 1.165) is 5.57 Å². The minimum absolute atomic E-state index is 0.0271. The lowest BCUT2D eigenvalue weighted by Crippen LogP contribution is -2.29. The van der Waals surface area contributed by atoms with E-state index >= 15 is 0 Å². The zero-order valence-electron chi connectivity index (χ0n) is 11.3. The molecular formula is C11H17N3O5S. The fraction of sp³-hybridized carbons (Fsp3) is 0.455. The van der Waals surface area contributed by atoms with Crippen molar-refractivity contribution in [2.24, 2.45) is 0 Å². The van der Waals surface area contributed by atoms with Crippen LogP contribution in [0.5, 0.6) is 0 Å². The van der Waals surface area contributed by atoms with Gasteiger partial charge in [0.1, 0.15) is 4.90 Å². The van der Waals surface area contributed by atoms with Gasteiger partial charge >= 0.3 is 5.97 Å². The van der Waals surface area contributed by atoms with Gasteiger partial charge in [0.15, 0.2) is 5.69 Å². The lowest BCUT2D eigenvalue weighted by molar-refractivity contribution is 0.0686. The van der Waals surface area contributed by atoms with Crippen molar-refractivity contribution in [2.45, 2.75) is 18.7 Å². The number of hydrogen-bond acceptors (Lipinski definition) is 5. The van der Waals surface area contributed by atoms with E-state index in [-0.39, 0.29) is 23.7 Å². The van der Waals surface area contributed by atoms with E-state index in [9.17, 15) is 13.2 Å². The number of aromatic amines is 1. The Morgan fingerprint density at radius 2 is 2.20 bits per heavy atom. The Labute approximate surface area is 116 Å². The van der Waals surface area contributed by atoms with Crippen LogP contribution in [0.3, 0.4) is 0 Å². The molecule has 0 unspecified atom stereocenters. The molecule has 0 aromatic carbocycles. The van der Waals surface area contributed by atoms with Crippen molar-refractivity contribution in [3.8, 4) is 0 Å². The van der Waals surface area contributed by atoms with Gasteiger partial charge in [-0.1, -0.05) is 12.2 Å². The number of carboxylic acid groups (broad SMARTS) is 1. The largest absolute Gasteiger partial charge is 0.476 e. The van der Waals surface area contributed by atoms with Gasteiger partial charge in [0.05, 0.1) is 18.9 Å². The van der Waals surface area contributed by atoms with Gasteiger partial charge in [-0.3, -0.25) is 5.10 Å². The lowest BCUT2D eigenvalue weighted by atomic mass is 10.4. The van der Waals surface area contributed by atoms with Crippen molar-refractivity contribution in [1.82, 2.24) is 14.9 Å². The standard InChI is InChI=1S/C11H17N3O5S/c1-7(2)6-19-5-4-12-20(17,18)10-8(3)13-14-9(10)11(15)16/h12H,1,4-6H2,2-3H3,(H,13,14)(H,15,16). The van der Waals surface area contributed by atoms with Crippen LogP contribution >= 0.6 is 0 Å². The van der Waals surface area contributed by atoms with E-state index in [1.165, 1.54) is 6.92 Å². The summed E-state index contributed by atoms with van der Waals surface area (Å²) in [6, 6.07) is 0. The van der Waals surface area contributed by atoms with Gasteiger partial charge in [0.25, 0.3) is 0 Å². The Morgan fingerprint density at radius 3 is 2.75 bits per heavy atom. The van der Waals surface area contributed by atoms with Crippen LogP contribution in [0.1, 0.15) is 23.1 Å². The molecule has 1 rings (SSSR count). The summed E-state index contributed by atoms with van der Waals surface area (Å²) >= 11 is 0. The number of aromatic nitrogens is 2. The van der Waals surface area contributed by atoms with Gasteiger partial charge in [0.2, 0.25) is 10.0 Å². The minimum Gasteiger partial charge on any atom is -0.476 e. The Hall–Kier alpha value is -1.71. The molecule has 0 atom stereocenters. The number of hydrogen-bond donors (Lipinski definition) is 3. The summed E-state index contributed by atoms with van der Waals surface area (Å²) < 4.78 is 31.5. The molecule has 0 fully saturated rings. The highest BCUT2D eigenvalue weighted by Crippen LogP contribution is 2.17. The van der Waals surface area contributed by atoms with E-state index in [1.807, 2.05) is 0 Å². The van der Waals surface area contributed by atoms with Crippen molar-refractivity contribution in [3.05, 3.63) is 23.5 Å². The molecule has 0 amide bonds. The number of nitrogens with one attached hydrogen (secondary N) is 2. The third kappa shape index (κ3) is 4.15. The van der Waals surface area contributed by atoms with Gasteiger partial charge in [0, 0.05) is 6.54 Å². The second kappa shape index (κ2) is 6.64. The van der Waals surface area contributed by atoms with Crippen molar-refractivity contribution >= 4 is 16.0 Å². The molecule has 0 bridgehead atoms. The fourth-order valence-electron chi connectivity index (χ4n) is 1.46. The summed E-state index contributed by atoms with van der Waals surface area (Å²) in [4.78, 5) is 10.6. The number of nitrogens with zero attached hydrogens (tertiary/aromatic N) is 1. The van der Waals surface area contributed by atoms with E-state index in [1.54, 1.807) is 6.92 Å². The van der Waals surface area contributed by atoms with E-state index in [2.05, 4.69) is 21.5 Å². The molecule has 0 aliphatic heterocycles. The molecule has 0 aliphatic rings. The predicted octanol–water partition coefficient (Wildman–Crippen LogP) is 0.287. The highest BCUT2D eigenvalue weighted by atomic mass is 32.2. The second-order valence-electron chi connectivity index (χ2n) is 4.24. The molecular weight excluding hydrogens is 286 g/mol. The Morgan fingerprint density at radius 1 is 1.55 bits per heavy atom. The van der Waals surface area contributed by atoms with Crippen LogP contribution in [-0.4, -0.2) is 49.4 Å². The summed E-state index contributed by atoms with van der Waals surface area (Å²) in [5.74, 6) is -1.41. The van der Waals surface area contributed by atoms with Crippen LogP contribution in [0.2, 0.25) is 0 Å². The zero-order valence-corrected chi connectivity index (χ0v) is 12.1.